The first kappa shape index (κ1) is 17.2. The number of nitrogens with zero attached hydrogens (tertiary/aromatic N) is 1. The summed E-state index contributed by atoms with van der Waals surface area (Å²) in [4.78, 5) is 28.3. The molecule has 0 aliphatic rings. The van der Waals surface area contributed by atoms with Gasteiger partial charge in [0.25, 0.3) is 5.91 Å². The predicted octanol–water partition coefficient (Wildman–Crippen LogP) is 3.75. The second-order valence-corrected chi connectivity index (χ2v) is 6.26. The highest BCUT2D eigenvalue weighted by molar-refractivity contribution is 7.12. The number of nitrogens with one attached hydrogen (secondary N) is 1. The highest BCUT2D eigenvalue weighted by Crippen LogP contribution is 2.29. The molecule has 0 aliphatic carbocycles. The first-order valence-electron chi connectivity index (χ1n) is 7.22. The lowest BCUT2D eigenvalue weighted by Gasteiger charge is -2.10. The van der Waals surface area contributed by atoms with Gasteiger partial charge in [0.15, 0.2) is 6.61 Å². The molecule has 2 heterocycles. The third kappa shape index (κ3) is 3.72. The molecule has 0 spiro atoms. The summed E-state index contributed by atoms with van der Waals surface area (Å²) in [6, 6.07) is 8.58. The number of carbonyl (C=O) groups excluding carboxylic acids is 2. The van der Waals surface area contributed by atoms with E-state index in [2.05, 4.69) is 15.0 Å². The van der Waals surface area contributed by atoms with Crippen LogP contribution in [0.1, 0.15) is 9.67 Å². The summed E-state index contributed by atoms with van der Waals surface area (Å²) in [5.74, 6) is -0.449. The van der Waals surface area contributed by atoms with Crippen LogP contribution in [0.25, 0.3) is 10.9 Å². The lowest BCUT2D eigenvalue weighted by atomic mass is 10.2. The van der Waals surface area contributed by atoms with Crippen molar-refractivity contribution >= 4 is 51.4 Å². The molecule has 0 aliphatic heterocycles. The van der Waals surface area contributed by atoms with Crippen LogP contribution in [0.5, 0.6) is 5.75 Å². The number of carbonyl (C=O) groups is 2. The molecule has 0 bridgehead atoms. The maximum absolute atomic E-state index is 12.1. The van der Waals surface area contributed by atoms with E-state index in [-0.39, 0.29) is 6.61 Å². The number of hydrogen-bond donors (Lipinski definition) is 1. The number of benzene rings is 1. The van der Waals surface area contributed by atoms with Gasteiger partial charge in [0.2, 0.25) is 0 Å². The van der Waals surface area contributed by atoms with Crippen molar-refractivity contribution in [2.24, 2.45) is 0 Å². The Labute approximate surface area is 152 Å². The van der Waals surface area contributed by atoms with Gasteiger partial charge in [0, 0.05) is 11.6 Å². The van der Waals surface area contributed by atoms with Crippen molar-refractivity contribution in [3.8, 4) is 5.75 Å². The fourth-order valence-corrected chi connectivity index (χ4v) is 3.20. The van der Waals surface area contributed by atoms with E-state index in [0.29, 0.717) is 26.9 Å². The Kier molecular flexibility index (Phi) is 5.16. The van der Waals surface area contributed by atoms with Gasteiger partial charge in [-0.1, -0.05) is 11.6 Å². The number of halogens is 1. The van der Waals surface area contributed by atoms with E-state index in [4.69, 9.17) is 16.3 Å². The number of anilines is 1. The molecule has 3 rings (SSSR count). The summed E-state index contributed by atoms with van der Waals surface area (Å²) in [6.45, 7) is -0.232. The van der Waals surface area contributed by atoms with Gasteiger partial charge >= 0.3 is 5.97 Å². The molecule has 1 aromatic carbocycles. The SMILES string of the molecule is COC(=O)c1sccc1NC(=O)COc1ccc(Cl)c2cccnc12. The van der Waals surface area contributed by atoms with E-state index < -0.39 is 11.9 Å². The number of methoxy groups -OCH3 is 1. The van der Waals surface area contributed by atoms with Gasteiger partial charge in [-0.2, -0.15) is 0 Å². The summed E-state index contributed by atoms with van der Waals surface area (Å²) in [5.41, 5.74) is 0.970. The molecule has 8 heteroatoms. The number of aromatic nitrogens is 1. The van der Waals surface area contributed by atoms with Crippen LogP contribution < -0.4 is 10.1 Å². The number of thiophene rings is 1. The van der Waals surface area contributed by atoms with Gasteiger partial charge in [-0.15, -0.1) is 11.3 Å². The highest BCUT2D eigenvalue weighted by Gasteiger charge is 2.16. The summed E-state index contributed by atoms with van der Waals surface area (Å²) in [5, 5.41) is 5.63. The number of rotatable bonds is 5. The average Bonchev–Trinajstić information content (AvgIpc) is 3.09. The summed E-state index contributed by atoms with van der Waals surface area (Å²) in [7, 11) is 1.29. The van der Waals surface area contributed by atoms with Crippen LogP contribution in [-0.2, 0) is 9.53 Å². The van der Waals surface area contributed by atoms with E-state index in [0.717, 1.165) is 5.39 Å². The van der Waals surface area contributed by atoms with Gasteiger partial charge in [-0.25, -0.2) is 4.79 Å². The maximum atomic E-state index is 12.1. The zero-order valence-corrected chi connectivity index (χ0v) is 14.7. The Bertz CT molecular complexity index is 941. The number of fused-ring (bicyclic) bond motifs is 1. The molecule has 0 unspecified atom stereocenters. The molecule has 2 aromatic heterocycles. The Morgan fingerprint density at radius 2 is 2.12 bits per heavy atom. The molecule has 0 fully saturated rings. The van der Waals surface area contributed by atoms with Crippen LogP contribution in [0.15, 0.2) is 41.9 Å². The topological polar surface area (TPSA) is 77.5 Å². The number of ether oxygens (including phenoxy) is 2. The minimum atomic E-state index is -0.501. The molecule has 1 N–H and O–H groups in total. The first-order chi connectivity index (χ1) is 12.1. The van der Waals surface area contributed by atoms with Gasteiger partial charge in [-0.05, 0) is 35.7 Å². The fraction of sp³-hybridized carbons (Fsp3) is 0.118. The zero-order valence-electron chi connectivity index (χ0n) is 13.1. The largest absolute Gasteiger partial charge is 0.481 e. The van der Waals surface area contributed by atoms with Gasteiger partial charge < -0.3 is 14.8 Å². The molecular formula is C17H13ClN2O4S. The van der Waals surface area contributed by atoms with Crippen LogP contribution >= 0.6 is 22.9 Å². The van der Waals surface area contributed by atoms with Gasteiger partial charge in [-0.3, -0.25) is 9.78 Å². The lowest BCUT2D eigenvalue weighted by molar-refractivity contribution is -0.118. The van der Waals surface area contributed by atoms with Crippen LogP contribution in [0.2, 0.25) is 5.02 Å². The van der Waals surface area contributed by atoms with Crippen molar-refractivity contribution < 1.29 is 19.1 Å². The maximum Gasteiger partial charge on any atom is 0.350 e. The molecule has 128 valence electrons. The second kappa shape index (κ2) is 7.50. The van der Waals surface area contributed by atoms with E-state index in [1.54, 1.807) is 35.8 Å². The molecule has 1 amide bonds. The van der Waals surface area contributed by atoms with Gasteiger partial charge in [0.1, 0.15) is 16.1 Å². The van der Waals surface area contributed by atoms with E-state index >= 15 is 0 Å². The summed E-state index contributed by atoms with van der Waals surface area (Å²) < 4.78 is 10.2. The summed E-state index contributed by atoms with van der Waals surface area (Å²) in [6.07, 6.45) is 1.62. The first-order valence-corrected chi connectivity index (χ1v) is 8.47. The molecule has 0 radical (unpaired) electrons. The molecular weight excluding hydrogens is 364 g/mol. The number of amides is 1. The predicted molar refractivity (Wildman–Crippen MR) is 96.5 cm³/mol. The van der Waals surface area contributed by atoms with Crippen LogP contribution in [0, 0.1) is 0 Å². The molecule has 0 saturated heterocycles. The van der Waals surface area contributed by atoms with Crippen molar-refractivity contribution in [3.63, 3.8) is 0 Å². The molecule has 0 atom stereocenters. The van der Waals surface area contributed by atoms with Crippen molar-refractivity contribution in [2.75, 3.05) is 19.0 Å². The van der Waals surface area contributed by atoms with Gasteiger partial charge in [0.05, 0.1) is 17.8 Å². The van der Waals surface area contributed by atoms with E-state index in [9.17, 15) is 9.59 Å². The highest BCUT2D eigenvalue weighted by atomic mass is 35.5. The second-order valence-electron chi connectivity index (χ2n) is 4.94. The Balaban J connectivity index is 1.71. The fourth-order valence-electron chi connectivity index (χ4n) is 2.22. The van der Waals surface area contributed by atoms with E-state index in [1.807, 2.05) is 6.07 Å². The minimum absolute atomic E-state index is 0.232. The molecule has 6 nitrogen and oxygen atoms in total. The van der Waals surface area contributed by atoms with Crippen molar-refractivity contribution in [2.45, 2.75) is 0 Å². The van der Waals surface area contributed by atoms with Crippen LogP contribution in [0.3, 0.4) is 0 Å². The minimum Gasteiger partial charge on any atom is -0.481 e. The third-order valence-corrected chi connectivity index (χ3v) is 4.57. The number of hydrogen-bond acceptors (Lipinski definition) is 6. The molecule has 25 heavy (non-hydrogen) atoms. The number of esters is 1. The summed E-state index contributed by atoms with van der Waals surface area (Å²) >= 11 is 7.32. The average molecular weight is 377 g/mol. The quantitative estimate of drug-likeness (QED) is 0.686. The Morgan fingerprint density at radius 3 is 2.92 bits per heavy atom. The Morgan fingerprint density at radius 1 is 1.28 bits per heavy atom. The normalized spacial score (nSPS) is 10.5. The van der Waals surface area contributed by atoms with Crippen molar-refractivity contribution in [1.82, 2.24) is 4.98 Å². The smallest absolute Gasteiger partial charge is 0.350 e. The molecule has 3 aromatic rings. The van der Waals surface area contributed by atoms with Crippen LogP contribution in [0.4, 0.5) is 5.69 Å². The molecule has 0 saturated carbocycles. The van der Waals surface area contributed by atoms with Crippen molar-refractivity contribution in [3.05, 3.63) is 51.8 Å². The van der Waals surface area contributed by atoms with E-state index in [1.165, 1.54) is 18.4 Å². The standard InChI is InChI=1S/C17H13ClN2O4S/c1-23-17(22)16-12(6-8-25-16)20-14(21)9-24-13-5-4-11(18)10-3-2-7-19-15(10)13/h2-8H,9H2,1H3,(H,20,21). The van der Waals surface area contributed by atoms with Crippen LogP contribution in [-0.4, -0.2) is 30.6 Å². The third-order valence-electron chi connectivity index (χ3n) is 3.35. The Hall–Kier alpha value is -2.64. The lowest BCUT2D eigenvalue weighted by Crippen LogP contribution is -2.21. The number of pyridine rings is 1. The monoisotopic (exact) mass is 376 g/mol. The zero-order chi connectivity index (χ0) is 17.8. The van der Waals surface area contributed by atoms with Crippen molar-refractivity contribution in [1.29, 1.82) is 0 Å².